The number of halogens is 5. The van der Waals surface area contributed by atoms with E-state index in [9.17, 15) is 36.5 Å². The molecule has 3 rings (SSSR count). The Bertz CT molecular complexity index is 1470. The van der Waals surface area contributed by atoms with E-state index in [1.165, 1.54) is 36.4 Å². The van der Waals surface area contributed by atoms with Gasteiger partial charge in [0.05, 0.1) is 32.3 Å². The van der Waals surface area contributed by atoms with Crippen LogP contribution in [-0.4, -0.2) is 32.0 Å². The molecule has 3 aromatic rings. The molecule has 0 aromatic heterocycles. The van der Waals surface area contributed by atoms with Crippen LogP contribution < -0.4 is 9.73 Å². The van der Waals surface area contributed by atoms with Gasteiger partial charge in [0, 0.05) is 22.7 Å². The summed E-state index contributed by atoms with van der Waals surface area (Å²) in [5.74, 6) is -1.05. The number of nitrogens with one attached hydrogen (secondary N) is 1. The third-order valence-corrected chi connectivity index (χ3v) is 7.18. The summed E-state index contributed by atoms with van der Waals surface area (Å²) in [7, 11) is -4.56. The second-order valence-corrected chi connectivity index (χ2v) is 9.92. The largest absolute Gasteiger partial charge is 0.416 e. The Kier molecular flexibility index (Phi) is 8.41. The normalized spacial score (nSPS) is 11.9. The highest BCUT2D eigenvalue weighted by molar-refractivity contribution is 7.92. The number of benzene rings is 3. The van der Waals surface area contributed by atoms with Crippen LogP contribution in [0.15, 0.2) is 76.7 Å². The van der Waals surface area contributed by atoms with Crippen LogP contribution in [0.5, 0.6) is 0 Å². The lowest BCUT2D eigenvalue weighted by Crippen LogP contribution is -2.40. The summed E-state index contributed by atoms with van der Waals surface area (Å²) >= 11 is 12.0. The monoisotopic (exact) mass is 574 g/mol. The van der Waals surface area contributed by atoms with Crippen LogP contribution in [0.2, 0.25) is 10.0 Å². The summed E-state index contributed by atoms with van der Waals surface area (Å²) in [5.41, 5.74) is 0.0419. The minimum Gasteiger partial charge on any atom is -0.271 e. The van der Waals surface area contributed by atoms with Crippen molar-refractivity contribution in [2.24, 2.45) is 5.10 Å². The molecule has 194 valence electrons. The molecule has 0 saturated heterocycles. The van der Waals surface area contributed by atoms with Crippen molar-refractivity contribution in [1.29, 1.82) is 0 Å². The molecule has 0 aliphatic carbocycles. The number of rotatable bonds is 8. The van der Waals surface area contributed by atoms with Crippen LogP contribution in [0.3, 0.4) is 0 Å². The Morgan fingerprint density at radius 2 is 1.70 bits per heavy atom. The van der Waals surface area contributed by atoms with E-state index in [1.54, 1.807) is 0 Å². The van der Waals surface area contributed by atoms with Crippen LogP contribution in [0.1, 0.15) is 11.1 Å². The standard InChI is InChI=1S/C22H15Cl2F3N4O5S/c23-18-9-7-16(31(33)34)10-14(18)12-28-29-21(32)13-30(37(35,36)17-4-2-1-3-5-17)20-11-15(22(25,26)27)6-8-19(20)24/h1-12H,13H2,(H,29,32)/b28-12+. The first kappa shape index (κ1) is 27.9. The zero-order chi connectivity index (χ0) is 27.4. The van der Waals surface area contributed by atoms with Gasteiger partial charge in [-0.3, -0.25) is 19.2 Å². The van der Waals surface area contributed by atoms with Crippen molar-refractivity contribution >= 4 is 56.7 Å². The highest BCUT2D eigenvalue weighted by atomic mass is 35.5. The minimum absolute atomic E-state index is 0.0749. The maximum absolute atomic E-state index is 13.3. The predicted octanol–water partition coefficient (Wildman–Crippen LogP) is 5.27. The third-order valence-electron chi connectivity index (χ3n) is 4.74. The van der Waals surface area contributed by atoms with E-state index in [1.807, 2.05) is 5.43 Å². The van der Waals surface area contributed by atoms with Gasteiger partial charge >= 0.3 is 6.18 Å². The number of sulfonamides is 1. The smallest absolute Gasteiger partial charge is 0.271 e. The number of nitrogens with zero attached hydrogens (tertiary/aromatic N) is 3. The quantitative estimate of drug-likeness (QED) is 0.223. The van der Waals surface area contributed by atoms with Crippen LogP contribution in [0.25, 0.3) is 0 Å². The molecule has 0 unspecified atom stereocenters. The molecular formula is C22H15Cl2F3N4O5S. The fourth-order valence-electron chi connectivity index (χ4n) is 2.98. The number of hydrogen-bond donors (Lipinski definition) is 1. The van der Waals surface area contributed by atoms with E-state index < -0.39 is 44.8 Å². The van der Waals surface area contributed by atoms with Gasteiger partial charge in [0.1, 0.15) is 6.54 Å². The number of anilines is 1. The zero-order valence-corrected chi connectivity index (χ0v) is 20.6. The first-order valence-electron chi connectivity index (χ1n) is 10.0. The van der Waals surface area contributed by atoms with Gasteiger partial charge in [-0.15, -0.1) is 0 Å². The molecule has 3 aromatic carbocycles. The third kappa shape index (κ3) is 6.76. The van der Waals surface area contributed by atoms with Crippen molar-refractivity contribution in [2.45, 2.75) is 11.1 Å². The molecule has 0 saturated carbocycles. The number of carbonyl (C=O) groups excluding carboxylic acids is 1. The Balaban J connectivity index is 1.95. The summed E-state index contributed by atoms with van der Waals surface area (Å²) in [4.78, 5) is 22.6. The van der Waals surface area contributed by atoms with E-state index >= 15 is 0 Å². The molecule has 0 heterocycles. The molecule has 15 heteroatoms. The lowest BCUT2D eigenvalue weighted by atomic mass is 10.2. The van der Waals surface area contributed by atoms with Crippen LogP contribution in [0, 0.1) is 10.1 Å². The van der Waals surface area contributed by atoms with Crippen molar-refractivity contribution in [3.8, 4) is 0 Å². The molecule has 1 N–H and O–H groups in total. The first-order chi connectivity index (χ1) is 17.3. The molecule has 0 atom stereocenters. The topological polar surface area (TPSA) is 122 Å². The van der Waals surface area contributed by atoms with Gasteiger partial charge in [-0.25, -0.2) is 13.8 Å². The van der Waals surface area contributed by atoms with Crippen molar-refractivity contribution in [1.82, 2.24) is 5.43 Å². The number of nitro groups is 1. The second-order valence-electron chi connectivity index (χ2n) is 7.24. The molecule has 37 heavy (non-hydrogen) atoms. The number of alkyl halides is 3. The molecule has 0 aliphatic rings. The molecule has 0 spiro atoms. The van der Waals surface area contributed by atoms with E-state index in [2.05, 4.69) is 5.10 Å². The highest BCUT2D eigenvalue weighted by Crippen LogP contribution is 2.37. The van der Waals surface area contributed by atoms with Crippen LogP contribution >= 0.6 is 23.2 Å². The number of carbonyl (C=O) groups is 1. The Labute approximate surface area is 218 Å². The molecule has 0 bridgehead atoms. The highest BCUT2D eigenvalue weighted by Gasteiger charge is 2.34. The van der Waals surface area contributed by atoms with Gasteiger partial charge in [0.15, 0.2) is 0 Å². The maximum Gasteiger partial charge on any atom is 0.416 e. The van der Waals surface area contributed by atoms with E-state index in [0.29, 0.717) is 16.4 Å². The lowest BCUT2D eigenvalue weighted by molar-refractivity contribution is -0.384. The fourth-order valence-corrected chi connectivity index (χ4v) is 4.87. The summed E-state index contributed by atoms with van der Waals surface area (Å²) in [6.07, 6.45) is -3.83. The van der Waals surface area contributed by atoms with Gasteiger partial charge in [-0.2, -0.15) is 18.3 Å². The van der Waals surface area contributed by atoms with Gasteiger partial charge in [-0.1, -0.05) is 41.4 Å². The van der Waals surface area contributed by atoms with Crippen molar-refractivity contribution < 1.29 is 31.3 Å². The summed E-state index contributed by atoms with van der Waals surface area (Å²) < 4.78 is 67.0. The van der Waals surface area contributed by atoms with Gasteiger partial charge < -0.3 is 0 Å². The number of hydrazone groups is 1. The number of hydrogen-bond acceptors (Lipinski definition) is 6. The molecule has 1 amide bonds. The number of amides is 1. The van der Waals surface area contributed by atoms with E-state index in [4.69, 9.17) is 23.2 Å². The number of non-ortho nitro benzene ring substituents is 1. The number of nitro benzene ring substituents is 1. The molecule has 0 fully saturated rings. The Morgan fingerprint density at radius 3 is 2.32 bits per heavy atom. The summed E-state index contributed by atoms with van der Waals surface area (Å²) in [5, 5.41) is 14.3. The van der Waals surface area contributed by atoms with Gasteiger partial charge in [0.2, 0.25) is 0 Å². The molecule has 0 radical (unpaired) electrons. The van der Waals surface area contributed by atoms with Crippen molar-refractivity contribution in [3.05, 3.63) is 98.0 Å². The van der Waals surface area contributed by atoms with E-state index in [-0.39, 0.29) is 26.2 Å². The van der Waals surface area contributed by atoms with Crippen molar-refractivity contribution in [3.63, 3.8) is 0 Å². The van der Waals surface area contributed by atoms with Crippen LogP contribution in [0.4, 0.5) is 24.5 Å². The maximum atomic E-state index is 13.3. The average Bonchev–Trinajstić information content (AvgIpc) is 2.84. The SMILES string of the molecule is O=C(CN(c1cc(C(F)(F)F)ccc1Cl)S(=O)(=O)c1ccccc1)N/N=C/c1cc([N+](=O)[O-])ccc1Cl. The first-order valence-corrected chi connectivity index (χ1v) is 12.2. The lowest BCUT2D eigenvalue weighted by Gasteiger charge is -2.25. The van der Waals surface area contributed by atoms with Crippen LogP contribution in [-0.2, 0) is 21.0 Å². The van der Waals surface area contributed by atoms with Gasteiger partial charge in [0.25, 0.3) is 21.6 Å². The van der Waals surface area contributed by atoms with E-state index in [0.717, 1.165) is 24.4 Å². The molecule has 9 nitrogen and oxygen atoms in total. The summed E-state index contributed by atoms with van der Waals surface area (Å²) in [6.45, 7) is -1.00. The minimum atomic E-state index is -4.81. The Hall–Kier alpha value is -3.68. The molecular weight excluding hydrogens is 560 g/mol. The predicted molar refractivity (Wildman–Crippen MR) is 131 cm³/mol. The summed E-state index contributed by atoms with van der Waals surface area (Å²) in [6, 6.07) is 12.3. The zero-order valence-electron chi connectivity index (χ0n) is 18.3. The Morgan fingerprint density at radius 1 is 1.05 bits per heavy atom. The average molecular weight is 575 g/mol. The molecule has 0 aliphatic heterocycles. The second kappa shape index (κ2) is 11.2. The fraction of sp³-hybridized carbons (Fsp3) is 0.0909. The van der Waals surface area contributed by atoms with Gasteiger partial charge in [-0.05, 0) is 36.4 Å². The van der Waals surface area contributed by atoms with Crippen molar-refractivity contribution in [2.75, 3.05) is 10.8 Å².